The molecule has 0 saturated carbocycles. The minimum atomic E-state index is -0.925. The van der Waals surface area contributed by atoms with Crippen LogP contribution in [0.2, 0.25) is 0 Å². The van der Waals surface area contributed by atoms with E-state index in [4.69, 9.17) is 0 Å². The van der Waals surface area contributed by atoms with Crippen LogP contribution >= 0.6 is 0 Å². The van der Waals surface area contributed by atoms with Crippen LogP contribution in [0.4, 0.5) is 0 Å². The molecule has 1 amide bonds. The van der Waals surface area contributed by atoms with Crippen molar-refractivity contribution >= 4 is 17.6 Å². The molecule has 1 aliphatic carbocycles. The fourth-order valence-corrected chi connectivity index (χ4v) is 3.06. The molecule has 0 spiro atoms. The maximum absolute atomic E-state index is 12.2. The van der Waals surface area contributed by atoms with E-state index in [0.29, 0.717) is 37.0 Å². The Morgan fingerprint density at radius 2 is 1.85 bits per heavy atom. The average Bonchev–Trinajstić information content (AvgIpc) is 2.65. The van der Waals surface area contributed by atoms with Gasteiger partial charge in [-0.15, -0.1) is 0 Å². The zero-order valence-electron chi connectivity index (χ0n) is 15.4. The Labute approximate surface area is 154 Å². The fourth-order valence-electron chi connectivity index (χ4n) is 3.06. The molecule has 1 aliphatic rings. The second-order valence-electron chi connectivity index (χ2n) is 6.29. The van der Waals surface area contributed by atoms with Crippen LogP contribution in [0, 0.1) is 0 Å². The minimum Gasteiger partial charge on any atom is -0.478 e. The molecule has 1 aromatic rings. The number of allylic oxidation sites excluding steroid dienone is 2. The number of benzene rings is 1. The van der Waals surface area contributed by atoms with Crippen molar-refractivity contribution in [1.29, 1.82) is 0 Å². The summed E-state index contributed by atoms with van der Waals surface area (Å²) >= 11 is 0. The Balaban J connectivity index is 1.92. The lowest BCUT2D eigenvalue weighted by molar-refractivity contribution is -0.133. The topological polar surface area (TPSA) is 90.5 Å². The molecule has 0 radical (unpaired) electrons. The summed E-state index contributed by atoms with van der Waals surface area (Å²) in [5, 5.41) is 12.0. The van der Waals surface area contributed by atoms with Crippen LogP contribution in [-0.2, 0) is 16.0 Å². The zero-order chi connectivity index (χ0) is 18.9. The van der Waals surface area contributed by atoms with Gasteiger partial charge in [0.1, 0.15) is 0 Å². The Hall–Kier alpha value is -2.60. The van der Waals surface area contributed by atoms with Crippen LogP contribution < -0.4 is 16.2 Å². The minimum absolute atomic E-state index is 0.129. The molecule has 0 aromatic heterocycles. The van der Waals surface area contributed by atoms with Crippen molar-refractivity contribution in [1.82, 2.24) is 16.2 Å². The lowest BCUT2D eigenvalue weighted by Crippen LogP contribution is -2.27. The van der Waals surface area contributed by atoms with E-state index in [1.54, 1.807) is 0 Å². The maximum atomic E-state index is 12.2. The van der Waals surface area contributed by atoms with Gasteiger partial charge in [-0.1, -0.05) is 30.3 Å². The molecule has 0 aliphatic heterocycles. The van der Waals surface area contributed by atoms with Gasteiger partial charge in [0.25, 0.3) is 0 Å². The van der Waals surface area contributed by atoms with Crippen LogP contribution in [0.3, 0.4) is 0 Å². The molecular formula is C20H27N3O3. The number of aryl methyl sites for hydroxylation is 1. The highest BCUT2D eigenvalue weighted by molar-refractivity contribution is 5.89. The standard InChI is InChI=1S/C20H27N3O3/c1-3-17(23-21-2)15-11-8-14(9-12-15)10-13-19(24)22-18-7-5-4-6-16(18)20(25)26/h3,8-9,11-12,21,23H,4-7,10,13H2,1-2H3,(H,22,24)(H,25,26)/b17-3-. The van der Waals surface area contributed by atoms with E-state index >= 15 is 0 Å². The normalized spacial score (nSPS) is 14.9. The summed E-state index contributed by atoms with van der Waals surface area (Å²) in [5.41, 5.74) is 10.0. The van der Waals surface area contributed by atoms with Crippen LogP contribution in [-0.4, -0.2) is 24.0 Å². The van der Waals surface area contributed by atoms with Gasteiger partial charge >= 0.3 is 5.97 Å². The molecule has 0 bridgehead atoms. The number of carbonyl (C=O) groups is 2. The summed E-state index contributed by atoms with van der Waals surface area (Å²) in [5.74, 6) is -1.05. The summed E-state index contributed by atoms with van der Waals surface area (Å²) in [7, 11) is 1.81. The van der Waals surface area contributed by atoms with Crippen molar-refractivity contribution in [2.75, 3.05) is 7.05 Å². The third-order valence-electron chi connectivity index (χ3n) is 4.47. The first-order valence-electron chi connectivity index (χ1n) is 8.98. The number of hydrazine groups is 1. The van der Waals surface area contributed by atoms with Gasteiger partial charge in [-0.25, -0.2) is 10.2 Å². The Bertz CT molecular complexity index is 706. The number of aliphatic carboxylic acids is 1. The third kappa shape index (κ3) is 5.46. The number of hydrogen-bond acceptors (Lipinski definition) is 4. The molecule has 26 heavy (non-hydrogen) atoms. The molecule has 0 unspecified atom stereocenters. The van der Waals surface area contributed by atoms with Crippen LogP contribution in [0.1, 0.15) is 50.2 Å². The van der Waals surface area contributed by atoms with Gasteiger partial charge in [-0.3, -0.25) is 4.79 Å². The molecule has 6 heteroatoms. The van der Waals surface area contributed by atoms with E-state index in [9.17, 15) is 14.7 Å². The van der Waals surface area contributed by atoms with Crippen molar-refractivity contribution in [2.45, 2.75) is 45.4 Å². The lowest BCUT2D eigenvalue weighted by atomic mass is 9.96. The van der Waals surface area contributed by atoms with Gasteiger partial charge in [0.15, 0.2) is 0 Å². The van der Waals surface area contributed by atoms with E-state index in [0.717, 1.165) is 29.7 Å². The monoisotopic (exact) mass is 357 g/mol. The van der Waals surface area contributed by atoms with Crippen LogP contribution in [0.5, 0.6) is 0 Å². The molecule has 0 heterocycles. The highest BCUT2D eigenvalue weighted by atomic mass is 16.4. The first kappa shape index (κ1) is 19.7. The lowest BCUT2D eigenvalue weighted by Gasteiger charge is -2.18. The van der Waals surface area contributed by atoms with E-state index in [-0.39, 0.29) is 5.91 Å². The van der Waals surface area contributed by atoms with E-state index in [1.807, 2.05) is 44.3 Å². The predicted molar refractivity (Wildman–Crippen MR) is 102 cm³/mol. The first-order valence-corrected chi connectivity index (χ1v) is 8.98. The van der Waals surface area contributed by atoms with Gasteiger partial charge in [0.05, 0.1) is 11.3 Å². The van der Waals surface area contributed by atoms with Crippen molar-refractivity contribution in [3.63, 3.8) is 0 Å². The molecule has 2 rings (SSSR count). The van der Waals surface area contributed by atoms with Crippen molar-refractivity contribution in [2.24, 2.45) is 0 Å². The Morgan fingerprint density at radius 3 is 2.46 bits per heavy atom. The number of carboxylic acid groups (broad SMARTS) is 1. The molecular weight excluding hydrogens is 330 g/mol. The Morgan fingerprint density at radius 1 is 1.15 bits per heavy atom. The summed E-state index contributed by atoms with van der Waals surface area (Å²) < 4.78 is 0. The highest BCUT2D eigenvalue weighted by Crippen LogP contribution is 2.23. The third-order valence-corrected chi connectivity index (χ3v) is 4.47. The number of carboxylic acids is 1. The van der Waals surface area contributed by atoms with Gasteiger partial charge in [-0.2, -0.15) is 0 Å². The van der Waals surface area contributed by atoms with Gasteiger partial charge in [0.2, 0.25) is 5.91 Å². The number of rotatable bonds is 8. The fraction of sp³-hybridized carbons (Fsp3) is 0.400. The smallest absolute Gasteiger partial charge is 0.333 e. The number of hydrogen-bond donors (Lipinski definition) is 4. The molecule has 1 aromatic carbocycles. The molecule has 0 atom stereocenters. The average molecular weight is 357 g/mol. The number of nitrogens with one attached hydrogen (secondary N) is 3. The summed E-state index contributed by atoms with van der Waals surface area (Å²) in [6, 6.07) is 8.04. The molecule has 6 nitrogen and oxygen atoms in total. The summed E-state index contributed by atoms with van der Waals surface area (Å²) in [6.07, 6.45) is 5.88. The van der Waals surface area contributed by atoms with E-state index in [2.05, 4.69) is 16.2 Å². The maximum Gasteiger partial charge on any atom is 0.333 e. The van der Waals surface area contributed by atoms with Crippen molar-refractivity contribution in [3.05, 3.63) is 52.7 Å². The first-order chi connectivity index (χ1) is 12.5. The van der Waals surface area contributed by atoms with Gasteiger partial charge < -0.3 is 15.8 Å². The van der Waals surface area contributed by atoms with Gasteiger partial charge in [-0.05, 0) is 50.2 Å². The van der Waals surface area contributed by atoms with Crippen molar-refractivity contribution in [3.8, 4) is 0 Å². The predicted octanol–water partition coefficient (Wildman–Crippen LogP) is 2.73. The number of amides is 1. The SMILES string of the molecule is C/C=C(\NNC)c1ccc(CCC(=O)NC2=C(C(=O)O)CCCC2)cc1. The summed E-state index contributed by atoms with van der Waals surface area (Å²) in [4.78, 5) is 23.5. The van der Waals surface area contributed by atoms with Crippen molar-refractivity contribution < 1.29 is 14.7 Å². The van der Waals surface area contributed by atoms with Crippen LogP contribution in [0.25, 0.3) is 5.70 Å². The molecule has 0 saturated heterocycles. The summed E-state index contributed by atoms with van der Waals surface area (Å²) in [6.45, 7) is 1.96. The van der Waals surface area contributed by atoms with Crippen LogP contribution in [0.15, 0.2) is 41.6 Å². The largest absolute Gasteiger partial charge is 0.478 e. The molecule has 4 N–H and O–H groups in total. The molecule has 0 fully saturated rings. The van der Waals surface area contributed by atoms with E-state index in [1.165, 1.54) is 0 Å². The van der Waals surface area contributed by atoms with Gasteiger partial charge in [0, 0.05) is 19.2 Å². The quantitative estimate of drug-likeness (QED) is 0.537. The highest BCUT2D eigenvalue weighted by Gasteiger charge is 2.19. The second-order valence-corrected chi connectivity index (χ2v) is 6.29. The Kier molecular flexibility index (Phi) is 7.41. The zero-order valence-corrected chi connectivity index (χ0v) is 15.4. The van der Waals surface area contributed by atoms with E-state index < -0.39 is 5.97 Å². The second kappa shape index (κ2) is 9.77. The molecule has 140 valence electrons. The number of carbonyl (C=O) groups excluding carboxylic acids is 1.